The number of hydrogen-bond donors (Lipinski definition) is 1. The predicted molar refractivity (Wildman–Crippen MR) is 95.7 cm³/mol. The minimum atomic E-state index is -1.63. The SMILES string of the molecule is COc1cccc(/C=C2\OC(Nc3ccccc3)=C(C(=O)[O-])C2=O)c1OC. The fourth-order valence-electron chi connectivity index (χ4n) is 2.62. The Kier molecular flexibility index (Phi) is 5.12. The molecule has 1 aliphatic rings. The van der Waals surface area contributed by atoms with Crippen LogP contribution in [0.4, 0.5) is 5.69 Å². The molecule has 7 heteroatoms. The Balaban J connectivity index is 1.98. The van der Waals surface area contributed by atoms with Gasteiger partial charge in [0.05, 0.1) is 20.2 Å². The van der Waals surface area contributed by atoms with Crippen molar-refractivity contribution in [1.82, 2.24) is 0 Å². The topological polar surface area (TPSA) is 96.9 Å². The van der Waals surface area contributed by atoms with Crippen LogP contribution in [0.3, 0.4) is 0 Å². The highest BCUT2D eigenvalue weighted by Gasteiger charge is 2.32. The van der Waals surface area contributed by atoms with E-state index in [1.54, 1.807) is 48.5 Å². The summed E-state index contributed by atoms with van der Waals surface area (Å²) in [5.74, 6) is -1.92. The third kappa shape index (κ3) is 3.62. The number of rotatable bonds is 6. The first-order chi connectivity index (χ1) is 13.0. The van der Waals surface area contributed by atoms with Gasteiger partial charge in [-0.25, -0.2) is 0 Å². The molecule has 0 aromatic heterocycles. The average Bonchev–Trinajstić information content (AvgIpc) is 2.97. The molecule has 0 fully saturated rings. The van der Waals surface area contributed by atoms with E-state index in [1.807, 2.05) is 0 Å². The highest BCUT2D eigenvalue weighted by molar-refractivity contribution is 6.25. The molecule has 1 N–H and O–H groups in total. The van der Waals surface area contributed by atoms with Gasteiger partial charge >= 0.3 is 0 Å². The van der Waals surface area contributed by atoms with Crippen molar-refractivity contribution in [2.75, 3.05) is 19.5 Å². The zero-order valence-corrected chi connectivity index (χ0v) is 14.6. The first-order valence-corrected chi connectivity index (χ1v) is 7.98. The van der Waals surface area contributed by atoms with Crippen LogP contribution in [0.25, 0.3) is 6.08 Å². The van der Waals surface area contributed by atoms with Crippen LogP contribution >= 0.6 is 0 Å². The van der Waals surface area contributed by atoms with Crippen LogP contribution in [0.5, 0.6) is 11.5 Å². The number of allylic oxidation sites excluding steroid dienone is 1. The highest BCUT2D eigenvalue weighted by Crippen LogP contribution is 2.34. The molecule has 0 aliphatic carbocycles. The van der Waals surface area contributed by atoms with Crippen molar-refractivity contribution in [3.8, 4) is 11.5 Å². The number of carbonyl (C=O) groups excluding carboxylic acids is 2. The maximum Gasteiger partial charge on any atom is 0.235 e. The van der Waals surface area contributed by atoms with E-state index in [9.17, 15) is 14.7 Å². The largest absolute Gasteiger partial charge is 0.544 e. The van der Waals surface area contributed by atoms with Gasteiger partial charge in [-0.2, -0.15) is 0 Å². The van der Waals surface area contributed by atoms with Crippen molar-refractivity contribution in [3.05, 3.63) is 71.3 Å². The van der Waals surface area contributed by atoms with Crippen molar-refractivity contribution >= 4 is 23.5 Å². The number of methoxy groups -OCH3 is 2. The molecule has 0 saturated carbocycles. The lowest BCUT2D eigenvalue weighted by atomic mass is 10.1. The maximum atomic E-state index is 12.5. The number of Topliss-reactive ketones (excluding diaryl/α,β-unsaturated/α-hetero) is 1. The molecule has 0 bridgehead atoms. The monoisotopic (exact) mass is 366 g/mol. The lowest BCUT2D eigenvalue weighted by molar-refractivity contribution is -0.298. The molecule has 7 nitrogen and oxygen atoms in total. The molecule has 3 rings (SSSR count). The zero-order chi connectivity index (χ0) is 19.4. The summed E-state index contributed by atoms with van der Waals surface area (Å²) < 4.78 is 16.0. The quantitative estimate of drug-likeness (QED) is 0.614. The van der Waals surface area contributed by atoms with Gasteiger partial charge in [0.25, 0.3) is 0 Å². The Hall–Kier alpha value is -3.74. The molecule has 0 atom stereocenters. The van der Waals surface area contributed by atoms with Crippen molar-refractivity contribution in [3.63, 3.8) is 0 Å². The zero-order valence-electron chi connectivity index (χ0n) is 14.6. The summed E-state index contributed by atoms with van der Waals surface area (Å²) in [5.41, 5.74) is 0.491. The average molecular weight is 366 g/mol. The van der Waals surface area contributed by atoms with Crippen LogP contribution in [0, 0.1) is 0 Å². The number of para-hydroxylation sites is 2. The number of ether oxygens (including phenoxy) is 3. The Morgan fingerprint density at radius 2 is 1.81 bits per heavy atom. The molecule has 2 aromatic carbocycles. The Bertz CT molecular complexity index is 946. The number of carboxylic acids is 1. The van der Waals surface area contributed by atoms with Gasteiger partial charge in [0.15, 0.2) is 17.3 Å². The minimum Gasteiger partial charge on any atom is -0.544 e. The van der Waals surface area contributed by atoms with Gasteiger partial charge in [-0.15, -0.1) is 0 Å². The fraction of sp³-hybridized carbons (Fsp3) is 0.100. The molecule has 0 spiro atoms. The molecule has 0 amide bonds. The lowest BCUT2D eigenvalue weighted by Crippen LogP contribution is -2.28. The van der Waals surface area contributed by atoms with Gasteiger partial charge in [0.2, 0.25) is 11.7 Å². The lowest BCUT2D eigenvalue weighted by Gasteiger charge is -2.11. The molecule has 27 heavy (non-hydrogen) atoms. The maximum absolute atomic E-state index is 12.5. The first-order valence-electron chi connectivity index (χ1n) is 7.98. The van der Waals surface area contributed by atoms with E-state index in [1.165, 1.54) is 20.3 Å². The number of benzene rings is 2. The summed E-state index contributed by atoms with van der Waals surface area (Å²) in [6.07, 6.45) is 1.40. The van der Waals surface area contributed by atoms with E-state index >= 15 is 0 Å². The summed E-state index contributed by atoms with van der Waals surface area (Å²) >= 11 is 0. The summed E-state index contributed by atoms with van der Waals surface area (Å²) in [6.45, 7) is 0. The van der Waals surface area contributed by atoms with Crippen LogP contribution in [0.1, 0.15) is 5.56 Å². The molecular weight excluding hydrogens is 350 g/mol. The van der Waals surface area contributed by atoms with Gasteiger partial charge in [0.1, 0.15) is 5.57 Å². The van der Waals surface area contributed by atoms with E-state index in [0.717, 1.165) is 0 Å². The third-order valence-electron chi connectivity index (χ3n) is 3.85. The van der Waals surface area contributed by atoms with Crippen molar-refractivity contribution in [1.29, 1.82) is 0 Å². The first kappa shape index (κ1) is 18.1. The second kappa shape index (κ2) is 7.65. The molecule has 0 radical (unpaired) electrons. The molecule has 138 valence electrons. The third-order valence-corrected chi connectivity index (χ3v) is 3.85. The molecule has 1 heterocycles. The van der Waals surface area contributed by atoms with Crippen LogP contribution in [0.2, 0.25) is 0 Å². The molecular formula is C20H16NO6-. The molecule has 0 saturated heterocycles. The summed E-state index contributed by atoms with van der Waals surface area (Å²) in [7, 11) is 2.95. The number of carboxylic acid groups (broad SMARTS) is 1. The van der Waals surface area contributed by atoms with Crippen LogP contribution in [0.15, 0.2) is 65.7 Å². The molecule has 0 unspecified atom stereocenters. The second-order valence-corrected chi connectivity index (χ2v) is 5.51. The standard InChI is InChI=1S/C20H17NO6/c1-25-14-10-6-7-12(18(14)26-2)11-15-17(22)16(20(23)24)19(27-15)21-13-8-4-3-5-9-13/h3-11,21H,1-2H3,(H,23,24)/p-1/b15-11-. The van der Waals surface area contributed by atoms with Gasteiger partial charge < -0.3 is 29.4 Å². The van der Waals surface area contributed by atoms with Crippen LogP contribution < -0.4 is 19.9 Å². The fourth-order valence-corrected chi connectivity index (χ4v) is 2.62. The number of hydrogen-bond acceptors (Lipinski definition) is 7. The van der Waals surface area contributed by atoms with E-state index in [4.69, 9.17) is 14.2 Å². The number of carbonyl (C=O) groups is 2. The molecule has 1 aliphatic heterocycles. The summed E-state index contributed by atoms with van der Waals surface area (Å²) in [5, 5.41) is 14.2. The van der Waals surface area contributed by atoms with Crippen molar-refractivity contribution in [2.24, 2.45) is 0 Å². The Morgan fingerprint density at radius 3 is 2.44 bits per heavy atom. The predicted octanol–water partition coefficient (Wildman–Crippen LogP) is 1.72. The van der Waals surface area contributed by atoms with Crippen molar-refractivity contribution < 1.29 is 28.9 Å². The summed E-state index contributed by atoms with van der Waals surface area (Å²) in [4.78, 5) is 24.0. The van der Waals surface area contributed by atoms with Crippen LogP contribution in [-0.4, -0.2) is 26.0 Å². The van der Waals surface area contributed by atoms with Gasteiger partial charge in [-0.05, 0) is 24.3 Å². The molecule has 2 aromatic rings. The van der Waals surface area contributed by atoms with Gasteiger partial charge in [-0.1, -0.05) is 30.3 Å². The number of aliphatic carboxylic acids is 1. The van der Waals surface area contributed by atoms with E-state index in [-0.39, 0.29) is 11.6 Å². The second-order valence-electron chi connectivity index (χ2n) is 5.51. The van der Waals surface area contributed by atoms with Gasteiger partial charge in [0, 0.05) is 11.3 Å². The van der Waals surface area contributed by atoms with Gasteiger partial charge in [-0.3, -0.25) is 4.79 Å². The van der Waals surface area contributed by atoms with E-state index in [2.05, 4.69) is 5.32 Å². The minimum absolute atomic E-state index is 0.167. The normalized spacial score (nSPS) is 14.9. The Labute approximate surface area is 155 Å². The Morgan fingerprint density at radius 1 is 1.07 bits per heavy atom. The van der Waals surface area contributed by atoms with E-state index in [0.29, 0.717) is 22.7 Å². The number of anilines is 1. The number of nitrogens with one attached hydrogen (secondary N) is 1. The number of ketones is 1. The van der Waals surface area contributed by atoms with E-state index < -0.39 is 17.3 Å². The van der Waals surface area contributed by atoms with Crippen molar-refractivity contribution in [2.45, 2.75) is 0 Å². The smallest absolute Gasteiger partial charge is 0.235 e. The highest BCUT2D eigenvalue weighted by atomic mass is 16.5. The summed E-state index contributed by atoms with van der Waals surface area (Å²) in [6, 6.07) is 13.8. The van der Waals surface area contributed by atoms with Crippen LogP contribution in [-0.2, 0) is 14.3 Å².